The van der Waals surface area contributed by atoms with E-state index in [-0.39, 0.29) is 66.5 Å². The van der Waals surface area contributed by atoms with E-state index in [2.05, 4.69) is 38.3 Å². The summed E-state index contributed by atoms with van der Waals surface area (Å²) >= 11 is 0. The number of phenols is 1. The van der Waals surface area contributed by atoms with Crippen LogP contribution >= 0.6 is 0 Å². The second-order valence-corrected chi connectivity index (χ2v) is 19.5. The van der Waals surface area contributed by atoms with Crippen LogP contribution in [0.25, 0.3) is 0 Å². The fourth-order valence-electron chi connectivity index (χ4n) is 10.5. The Morgan fingerprint density at radius 3 is 2.45 bits per heavy atom. The van der Waals surface area contributed by atoms with Gasteiger partial charge in [0.15, 0.2) is 0 Å². The molecule has 0 radical (unpaired) electrons. The van der Waals surface area contributed by atoms with Crippen LogP contribution in [-0.4, -0.2) is 95.0 Å². The van der Waals surface area contributed by atoms with E-state index in [1.807, 2.05) is 20.8 Å². The fourth-order valence-corrected chi connectivity index (χ4v) is 10.5. The molecule has 7 aliphatic rings. The van der Waals surface area contributed by atoms with Crippen LogP contribution in [0.2, 0.25) is 0 Å². The van der Waals surface area contributed by atoms with Gasteiger partial charge in [-0.05, 0) is 90.9 Å². The first-order valence-corrected chi connectivity index (χ1v) is 21.1. The summed E-state index contributed by atoms with van der Waals surface area (Å²) in [5.74, 6) is -0.243. The summed E-state index contributed by atoms with van der Waals surface area (Å²) in [6.45, 7) is 15.5. The van der Waals surface area contributed by atoms with Crippen molar-refractivity contribution < 1.29 is 43.1 Å². The number of carbonyl (C=O) groups excluding carboxylic acids is 4. The third kappa shape index (κ3) is 8.11. The van der Waals surface area contributed by atoms with E-state index in [1.165, 1.54) is 4.90 Å². The number of ether oxygens (including phenoxy) is 2. The van der Waals surface area contributed by atoms with Crippen LogP contribution in [0.15, 0.2) is 18.2 Å². The van der Waals surface area contributed by atoms with Crippen LogP contribution in [-0.2, 0) is 41.5 Å². The number of nitrogens with one attached hydrogen (secondary N) is 2. The number of phenolic OH excluding ortho intramolecular Hbond substituents is 1. The second-order valence-electron chi connectivity index (χ2n) is 19.5. The molecule has 1 aromatic rings. The van der Waals surface area contributed by atoms with Gasteiger partial charge in [0.1, 0.15) is 23.9 Å². The van der Waals surface area contributed by atoms with Gasteiger partial charge in [-0.3, -0.25) is 14.5 Å². The Labute approximate surface area is 332 Å². The molecule has 4 amide bonds. The Balaban J connectivity index is 1.10. The highest BCUT2D eigenvalue weighted by Gasteiger charge is 2.68. The minimum atomic E-state index is -0.961. The monoisotopic (exact) mass is 778 g/mol. The molecule has 2 bridgehead atoms. The SMILES string of the molecule is CCC[C@H](NC(=O)[C@@H]1C[C@@H](OC(=O)N2Cc3ccc(O)cc3C2)CN1C(=O)[C@@H](NC(=O)OCC(C)(C)C)C1CCCCC1)B1O[C@@H]2C[C@H]3C[C@H](C3(C)C)[C@]2(C)O1. The van der Waals surface area contributed by atoms with Gasteiger partial charge in [-0.25, -0.2) is 9.59 Å². The molecule has 8 rings (SSSR count). The molecule has 6 fully saturated rings. The number of nitrogens with zero attached hydrogens (tertiary/aromatic N) is 2. The van der Waals surface area contributed by atoms with Gasteiger partial charge in [-0.1, -0.05) is 73.3 Å². The molecule has 14 heteroatoms. The topological polar surface area (TPSA) is 156 Å². The summed E-state index contributed by atoms with van der Waals surface area (Å²) in [4.78, 5) is 59.2. The second kappa shape index (κ2) is 15.7. The zero-order valence-electron chi connectivity index (χ0n) is 34.4. The van der Waals surface area contributed by atoms with Crippen LogP contribution in [0.3, 0.4) is 0 Å². The first-order chi connectivity index (χ1) is 26.5. The largest absolute Gasteiger partial charge is 0.508 e. The van der Waals surface area contributed by atoms with Crippen molar-refractivity contribution in [2.75, 3.05) is 13.2 Å². The van der Waals surface area contributed by atoms with Gasteiger partial charge in [-0.15, -0.1) is 0 Å². The summed E-state index contributed by atoms with van der Waals surface area (Å²) in [7, 11) is -0.631. The summed E-state index contributed by atoms with van der Waals surface area (Å²) in [5, 5.41) is 16.1. The number of hydrogen-bond donors (Lipinski definition) is 3. The molecule has 1 aromatic carbocycles. The maximum Gasteiger partial charge on any atom is 0.481 e. The highest BCUT2D eigenvalue weighted by Crippen LogP contribution is 2.65. The van der Waals surface area contributed by atoms with E-state index in [0.717, 1.165) is 62.5 Å². The Morgan fingerprint density at radius 1 is 1.02 bits per heavy atom. The number of fused-ring (bicyclic) bond motifs is 1. The van der Waals surface area contributed by atoms with Gasteiger partial charge in [0, 0.05) is 19.5 Å². The molecular formula is C42H63BN4O9. The van der Waals surface area contributed by atoms with E-state index in [1.54, 1.807) is 23.1 Å². The van der Waals surface area contributed by atoms with Gasteiger partial charge in [0.05, 0.1) is 30.8 Å². The van der Waals surface area contributed by atoms with Crippen molar-refractivity contribution >= 4 is 31.1 Å². The molecule has 308 valence electrons. The summed E-state index contributed by atoms with van der Waals surface area (Å²) in [5.41, 5.74) is 1.23. The first-order valence-electron chi connectivity index (χ1n) is 21.1. The zero-order valence-corrected chi connectivity index (χ0v) is 34.4. The minimum absolute atomic E-state index is 0.000650. The van der Waals surface area contributed by atoms with E-state index >= 15 is 0 Å². The quantitative estimate of drug-likeness (QED) is 0.240. The Morgan fingerprint density at radius 2 is 1.75 bits per heavy atom. The molecule has 4 saturated carbocycles. The number of aromatic hydroxyl groups is 1. The van der Waals surface area contributed by atoms with E-state index in [9.17, 15) is 24.3 Å². The lowest BCUT2D eigenvalue weighted by Gasteiger charge is -2.64. The third-order valence-corrected chi connectivity index (χ3v) is 13.8. The lowest BCUT2D eigenvalue weighted by molar-refractivity contribution is -0.199. The van der Waals surface area contributed by atoms with Gasteiger partial charge in [-0.2, -0.15) is 0 Å². The van der Waals surface area contributed by atoms with Gasteiger partial charge < -0.3 is 39.4 Å². The number of carbonyl (C=O) groups is 4. The van der Waals surface area contributed by atoms with Gasteiger partial charge in [0.2, 0.25) is 11.8 Å². The number of alkyl carbamates (subject to hydrolysis) is 1. The third-order valence-electron chi connectivity index (χ3n) is 13.8. The van der Waals surface area contributed by atoms with Crippen molar-refractivity contribution in [3.05, 3.63) is 29.3 Å². The predicted molar refractivity (Wildman–Crippen MR) is 209 cm³/mol. The normalized spacial score (nSPS) is 30.5. The summed E-state index contributed by atoms with van der Waals surface area (Å²) in [6, 6.07) is 3.17. The smallest absolute Gasteiger partial charge is 0.481 e. The average Bonchev–Trinajstić information content (AvgIpc) is 3.87. The molecule has 56 heavy (non-hydrogen) atoms. The number of rotatable bonds is 10. The molecule has 3 N–H and O–H groups in total. The number of amides is 4. The van der Waals surface area contributed by atoms with Crippen LogP contribution in [0.1, 0.15) is 124 Å². The fraction of sp³-hybridized carbons (Fsp3) is 0.762. The van der Waals surface area contributed by atoms with Gasteiger partial charge >= 0.3 is 19.3 Å². The standard InChI is InChI=1S/C42H63BN4O9/c1-8-12-34(43-55-33-19-28-18-32(41(28,5)6)42(33,7)56-43)44-36(49)31-20-30(54-39(52)46-21-26-15-16-29(48)17-27(26)22-46)23-47(31)37(50)35(25-13-10-9-11-14-25)45-38(51)53-24-40(2,3)4/h15-17,25,28,30-35,48H,8-14,18-24H2,1-7H3,(H,44,49)(H,45,51)/t28-,30-,31+,32-,33-,34+,35+,42+/m1/s1. The number of likely N-dealkylation sites (tertiary alicyclic amines) is 1. The summed E-state index contributed by atoms with van der Waals surface area (Å²) < 4.78 is 25.0. The van der Waals surface area contributed by atoms with Gasteiger partial charge in [0.25, 0.3) is 0 Å². The van der Waals surface area contributed by atoms with E-state index < -0.39 is 49.0 Å². The first kappa shape index (κ1) is 40.7. The number of benzene rings is 1. The van der Waals surface area contributed by atoms with E-state index in [4.69, 9.17) is 18.8 Å². The van der Waals surface area contributed by atoms with Crippen molar-refractivity contribution in [2.45, 2.75) is 162 Å². The van der Waals surface area contributed by atoms with Crippen LogP contribution in [0.4, 0.5) is 9.59 Å². The highest BCUT2D eigenvalue weighted by molar-refractivity contribution is 6.48. The summed E-state index contributed by atoms with van der Waals surface area (Å²) in [6.07, 6.45) is 5.96. The van der Waals surface area contributed by atoms with Crippen molar-refractivity contribution in [3.63, 3.8) is 0 Å². The minimum Gasteiger partial charge on any atom is -0.508 e. The molecule has 3 heterocycles. The van der Waals surface area contributed by atoms with Crippen LogP contribution in [0.5, 0.6) is 5.75 Å². The maximum atomic E-state index is 14.8. The highest BCUT2D eigenvalue weighted by atomic mass is 16.7. The molecule has 2 saturated heterocycles. The van der Waals surface area contributed by atoms with Crippen LogP contribution < -0.4 is 10.6 Å². The molecule has 0 aromatic heterocycles. The Kier molecular flexibility index (Phi) is 11.4. The molecule has 0 spiro atoms. The Hall–Kier alpha value is -3.52. The van der Waals surface area contributed by atoms with Crippen molar-refractivity contribution in [2.24, 2.45) is 28.6 Å². The predicted octanol–water partition coefficient (Wildman–Crippen LogP) is 6.09. The van der Waals surface area contributed by atoms with Crippen molar-refractivity contribution in [1.82, 2.24) is 20.4 Å². The average molecular weight is 779 g/mol. The molecule has 13 nitrogen and oxygen atoms in total. The van der Waals surface area contributed by atoms with Crippen molar-refractivity contribution in [3.8, 4) is 5.75 Å². The zero-order chi connectivity index (χ0) is 40.2. The molecule has 4 aliphatic carbocycles. The lowest BCUT2D eigenvalue weighted by atomic mass is 9.43. The molecule has 0 unspecified atom stereocenters. The molecular weight excluding hydrogens is 715 g/mol. The van der Waals surface area contributed by atoms with Crippen LogP contribution in [0, 0.1) is 28.6 Å². The van der Waals surface area contributed by atoms with E-state index in [0.29, 0.717) is 24.8 Å². The lowest BCUT2D eigenvalue weighted by Crippen LogP contribution is -2.65. The molecule has 3 aliphatic heterocycles. The van der Waals surface area contributed by atoms with Crippen molar-refractivity contribution in [1.29, 1.82) is 0 Å². The maximum absolute atomic E-state index is 14.8. The number of hydrogen-bond acceptors (Lipinski definition) is 9. The Bertz CT molecular complexity index is 1660. The molecule has 8 atom stereocenters.